The summed E-state index contributed by atoms with van der Waals surface area (Å²) in [6.45, 7) is 0.533. The average molecular weight is 444 g/mol. The van der Waals surface area contributed by atoms with E-state index in [0.717, 1.165) is 32.1 Å². The summed E-state index contributed by atoms with van der Waals surface area (Å²) in [5.74, 6) is -1.48. The van der Waals surface area contributed by atoms with Crippen molar-refractivity contribution < 1.29 is 22.7 Å². The maximum Gasteiger partial charge on any atom is 0.309 e. The molecule has 0 bridgehead atoms. The van der Waals surface area contributed by atoms with E-state index in [9.17, 15) is 18.0 Å². The molecule has 160 valence electrons. The Morgan fingerprint density at radius 1 is 1.07 bits per heavy atom. The largest absolute Gasteiger partial charge is 0.360 e. The highest BCUT2D eigenvalue weighted by atomic mass is 35.5. The molecule has 1 aromatic carbocycles. The van der Waals surface area contributed by atoms with Crippen LogP contribution < -0.4 is 10.6 Å². The van der Waals surface area contributed by atoms with Crippen LogP contribution in [-0.2, 0) is 24.3 Å². The van der Waals surface area contributed by atoms with Crippen LogP contribution in [0, 0.1) is 0 Å². The van der Waals surface area contributed by atoms with Gasteiger partial charge in [-0.1, -0.05) is 30.9 Å². The zero-order valence-corrected chi connectivity index (χ0v) is 17.7. The van der Waals surface area contributed by atoms with Gasteiger partial charge in [0.25, 0.3) is 0 Å². The maximum absolute atomic E-state index is 13.0. The molecule has 0 aromatic heterocycles. The van der Waals surface area contributed by atoms with E-state index < -0.39 is 28.1 Å². The predicted molar refractivity (Wildman–Crippen MR) is 108 cm³/mol. The molecule has 1 aliphatic heterocycles. The van der Waals surface area contributed by atoms with Crippen molar-refractivity contribution in [3.63, 3.8) is 0 Å². The van der Waals surface area contributed by atoms with Crippen LogP contribution in [0.15, 0.2) is 29.2 Å². The molecule has 0 radical (unpaired) electrons. The highest BCUT2D eigenvalue weighted by molar-refractivity contribution is 7.89. The molecule has 29 heavy (non-hydrogen) atoms. The number of ether oxygens (including phenoxy) is 1. The van der Waals surface area contributed by atoms with Crippen molar-refractivity contribution in [1.29, 1.82) is 0 Å². The Balaban J connectivity index is 1.60. The molecule has 1 aromatic rings. The van der Waals surface area contributed by atoms with Crippen molar-refractivity contribution >= 4 is 33.4 Å². The van der Waals surface area contributed by atoms with E-state index in [1.54, 1.807) is 0 Å². The fourth-order valence-corrected chi connectivity index (χ4v) is 5.29. The zero-order valence-electron chi connectivity index (χ0n) is 16.1. The van der Waals surface area contributed by atoms with Crippen LogP contribution in [0.1, 0.15) is 38.5 Å². The van der Waals surface area contributed by atoms with Gasteiger partial charge >= 0.3 is 11.8 Å². The molecule has 10 heteroatoms. The normalized spacial score (nSPS) is 21.5. The Morgan fingerprint density at radius 3 is 2.45 bits per heavy atom. The number of benzene rings is 1. The monoisotopic (exact) mass is 443 g/mol. The number of hydrogen-bond donors (Lipinski definition) is 2. The lowest BCUT2D eigenvalue weighted by Crippen LogP contribution is -2.53. The quantitative estimate of drug-likeness (QED) is 0.673. The molecule has 1 atom stereocenters. The van der Waals surface area contributed by atoms with Crippen LogP contribution in [0.4, 0.5) is 0 Å². The number of halogens is 1. The number of rotatable bonds is 5. The second-order valence-corrected chi connectivity index (χ2v) is 9.59. The molecular formula is C19H26ClN3O5S. The number of hydrogen-bond acceptors (Lipinski definition) is 5. The third-order valence-electron chi connectivity index (χ3n) is 5.16. The van der Waals surface area contributed by atoms with Gasteiger partial charge in [-0.3, -0.25) is 9.59 Å². The number of nitrogens with zero attached hydrogens (tertiary/aromatic N) is 1. The summed E-state index contributed by atoms with van der Waals surface area (Å²) >= 11 is 5.84. The molecule has 2 aliphatic rings. The van der Waals surface area contributed by atoms with Crippen LogP contribution >= 0.6 is 11.6 Å². The van der Waals surface area contributed by atoms with Crippen molar-refractivity contribution in [3.05, 3.63) is 29.3 Å². The van der Waals surface area contributed by atoms with Crippen LogP contribution in [-0.4, -0.2) is 56.5 Å². The number of amides is 2. The van der Waals surface area contributed by atoms with Crippen molar-refractivity contribution in [2.75, 3.05) is 19.7 Å². The van der Waals surface area contributed by atoms with E-state index >= 15 is 0 Å². The maximum atomic E-state index is 13.0. The third-order valence-corrected chi connectivity index (χ3v) is 7.31. The van der Waals surface area contributed by atoms with Gasteiger partial charge in [-0.15, -0.1) is 0 Å². The molecule has 1 unspecified atom stereocenters. The smallest absolute Gasteiger partial charge is 0.309 e. The van der Waals surface area contributed by atoms with Gasteiger partial charge in [-0.2, -0.15) is 4.31 Å². The van der Waals surface area contributed by atoms with E-state index in [4.69, 9.17) is 16.3 Å². The van der Waals surface area contributed by atoms with E-state index in [0.29, 0.717) is 18.1 Å². The Kier molecular flexibility index (Phi) is 7.50. The lowest BCUT2D eigenvalue weighted by molar-refractivity contribution is -0.140. The van der Waals surface area contributed by atoms with Gasteiger partial charge in [-0.05, 0) is 43.5 Å². The standard InChI is InChI=1S/C19H26ClN3O5S/c20-14-7-9-16(10-8-14)29(26,27)23-11-4-12-28-17(23)13-21-18(24)19(25)22-15-5-2-1-3-6-15/h7-10,15,17H,1-6,11-13H2,(H,21,24)(H,22,25). The van der Waals surface area contributed by atoms with Gasteiger partial charge in [0.15, 0.2) is 0 Å². The molecule has 2 N–H and O–H groups in total. The molecule has 2 amide bonds. The third kappa shape index (κ3) is 5.69. The highest BCUT2D eigenvalue weighted by Gasteiger charge is 2.35. The van der Waals surface area contributed by atoms with Crippen LogP contribution in [0.3, 0.4) is 0 Å². The molecular weight excluding hydrogens is 418 g/mol. The summed E-state index contributed by atoms with van der Waals surface area (Å²) in [5, 5.41) is 5.68. The highest BCUT2D eigenvalue weighted by Crippen LogP contribution is 2.23. The lowest BCUT2D eigenvalue weighted by Gasteiger charge is -2.34. The van der Waals surface area contributed by atoms with Gasteiger partial charge in [0, 0.05) is 17.6 Å². The van der Waals surface area contributed by atoms with Crippen LogP contribution in [0.2, 0.25) is 5.02 Å². The van der Waals surface area contributed by atoms with E-state index in [1.807, 2.05) is 0 Å². The van der Waals surface area contributed by atoms with E-state index in [1.165, 1.54) is 28.6 Å². The predicted octanol–water partition coefficient (Wildman–Crippen LogP) is 1.64. The molecule has 1 aliphatic carbocycles. The zero-order chi connectivity index (χ0) is 20.9. The minimum atomic E-state index is -3.82. The summed E-state index contributed by atoms with van der Waals surface area (Å²) < 4.78 is 32.7. The minimum absolute atomic E-state index is 0.0229. The Hall–Kier alpha value is -1.68. The fourth-order valence-electron chi connectivity index (χ4n) is 3.60. The Labute approximate surface area is 176 Å². The summed E-state index contributed by atoms with van der Waals surface area (Å²) in [6, 6.07) is 5.89. The van der Waals surface area contributed by atoms with E-state index in [-0.39, 0.29) is 24.0 Å². The summed E-state index contributed by atoms with van der Waals surface area (Å²) in [6.07, 6.45) is 4.64. The molecule has 8 nitrogen and oxygen atoms in total. The number of nitrogens with one attached hydrogen (secondary N) is 2. The summed E-state index contributed by atoms with van der Waals surface area (Å²) in [4.78, 5) is 24.4. The first-order valence-corrected chi connectivity index (χ1v) is 11.7. The Bertz CT molecular complexity index is 825. The first kappa shape index (κ1) is 22.0. The van der Waals surface area contributed by atoms with Gasteiger partial charge in [0.1, 0.15) is 6.23 Å². The van der Waals surface area contributed by atoms with Crippen LogP contribution in [0.5, 0.6) is 0 Å². The Morgan fingerprint density at radius 2 is 1.76 bits per heavy atom. The topological polar surface area (TPSA) is 105 Å². The summed E-state index contributed by atoms with van der Waals surface area (Å²) in [5.41, 5.74) is 0. The van der Waals surface area contributed by atoms with E-state index in [2.05, 4.69) is 10.6 Å². The van der Waals surface area contributed by atoms with Gasteiger partial charge in [0.05, 0.1) is 18.0 Å². The van der Waals surface area contributed by atoms with Gasteiger partial charge in [-0.25, -0.2) is 8.42 Å². The fraction of sp³-hybridized carbons (Fsp3) is 0.579. The second-order valence-electron chi connectivity index (χ2n) is 7.27. The molecule has 3 rings (SSSR count). The van der Waals surface area contributed by atoms with Crippen molar-refractivity contribution in [2.45, 2.75) is 55.7 Å². The van der Waals surface area contributed by atoms with Crippen molar-refractivity contribution in [1.82, 2.24) is 14.9 Å². The van der Waals surface area contributed by atoms with Crippen molar-refractivity contribution in [2.24, 2.45) is 0 Å². The van der Waals surface area contributed by atoms with Crippen molar-refractivity contribution in [3.8, 4) is 0 Å². The SMILES string of the molecule is O=C(NCC1OCCCN1S(=O)(=O)c1ccc(Cl)cc1)C(=O)NC1CCCCC1. The van der Waals surface area contributed by atoms with Crippen LogP contribution in [0.25, 0.3) is 0 Å². The molecule has 0 spiro atoms. The number of sulfonamides is 1. The average Bonchev–Trinajstić information content (AvgIpc) is 2.73. The second kappa shape index (κ2) is 9.88. The first-order valence-electron chi connectivity index (χ1n) is 9.85. The van der Waals surface area contributed by atoms with Gasteiger partial charge in [0.2, 0.25) is 10.0 Å². The summed E-state index contributed by atoms with van der Waals surface area (Å²) in [7, 11) is -3.82. The number of carbonyl (C=O) groups is 2. The molecule has 2 fully saturated rings. The minimum Gasteiger partial charge on any atom is -0.360 e. The van der Waals surface area contributed by atoms with Gasteiger partial charge < -0.3 is 15.4 Å². The molecule has 1 saturated heterocycles. The molecule has 1 saturated carbocycles. The number of carbonyl (C=O) groups excluding carboxylic acids is 2. The first-order chi connectivity index (χ1) is 13.9. The lowest BCUT2D eigenvalue weighted by atomic mass is 9.95. The molecule has 1 heterocycles.